The van der Waals surface area contributed by atoms with Crippen LogP contribution in [0, 0.1) is 0 Å². The van der Waals surface area contributed by atoms with Gasteiger partial charge in [-0.25, -0.2) is 9.97 Å². The lowest BCUT2D eigenvalue weighted by Gasteiger charge is -2.29. The Kier molecular flexibility index (Phi) is 5.70. The fourth-order valence-corrected chi connectivity index (χ4v) is 3.36. The van der Waals surface area contributed by atoms with E-state index in [1.807, 2.05) is 26.1 Å². The van der Waals surface area contributed by atoms with Gasteiger partial charge in [-0.1, -0.05) is 20.8 Å². The normalized spacial score (nSPS) is 16.0. The fourth-order valence-electron chi connectivity index (χ4n) is 3.36. The van der Waals surface area contributed by atoms with Crippen molar-refractivity contribution in [2.45, 2.75) is 65.1 Å². The van der Waals surface area contributed by atoms with Crippen LogP contribution >= 0.6 is 0 Å². The summed E-state index contributed by atoms with van der Waals surface area (Å²) in [5.41, 5.74) is 3.12. The van der Waals surface area contributed by atoms with Crippen LogP contribution in [0.25, 0.3) is 11.3 Å². The van der Waals surface area contributed by atoms with E-state index in [0.29, 0.717) is 0 Å². The van der Waals surface area contributed by atoms with Gasteiger partial charge in [0.25, 0.3) is 0 Å². The average Bonchev–Trinajstić information content (AvgIpc) is 2.61. The highest BCUT2D eigenvalue weighted by molar-refractivity contribution is 5.64. The Balaban J connectivity index is 1.93. The summed E-state index contributed by atoms with van der Waals surface area (Å²) in [6.07, 6.45) is 3.29. The Morgan fingerprint density at radius 2 is 1.85 bits per heavy atom. The summed E-state index contributed by atoms with van der Waals surface area (Å²) in [4.78, 5) is 11.4. The molecule has 1 aliphatic rings. The molecular weight excluding hydrogens is 338 g/mol. The molecule has 1 aromatic carbocycles. The zero-order valence-electron chi connectivity index (χ0n) is 17.1. The number of benzene rings is 1. The molecule has 5 nitrogen and oxygen atoms in total. The van der Waals surface area contributed by atoms with E-state index in [2.05, 4.69) is 48.9 Å². The molecule has 146 valence electrons. The smallest absolute Gasteiger partial charge is 0.225 e. The minimum Gasteiger partial charge on any atom is -0.491 e. The maximum absolute atomic E-state index is 9.72. The van der Waals surface area contributed by atoms with E-state index in [4.69, 9.17) is 9.72 Å². The molecule has 0 spiro atoms. The minimum absolute atomic E-state index is 0.0287. The number of hydrogen-bond donors (Lipinski definition) is 1. The van der Waals surface area contributed by atoms with E-state index >= 15 is 0 Å². The molecule has 3 rings (SSSR count). The summed E-state index contributed by atoms with van der Waals surface area (Å²) in [5, 5.41) is 9.72. The van der Waals surface area contributed by atoms with E-state index in [1.165, 1.54) is 5.56 Å². The SMILES string of the molecule is CC(C)Oc1ccc(-c2ccnc(N3CCC(O)CC3)n2)cc1C(C)(C)C. The predicted octanol–water partition coefficient (Wildman–Crippen LogP) is 4.19. The third-order valence-corrected chi connectivity index (χ3v) is 4.84. The third kappa shape index (κ3) is 4.78. The van der Waals surface area contributed by atoms with Crippen molar-refractivity contribution in [1.82, 2.24) is 9.97 Å². The van der Waals surface area contributed by atoms with Crippen LogP contribution in [-0.2, 0) is 5.41 Å². The van der Waals surface area contributed by atoms with Crippen molar-refractivity contribution in [3.63, 3.8) is 0 Å². The summed E-state index contributed by atoms with van der Waals surface area (Å²) in [7, 11) is 0. The highest BCUT2D eigenvalue weighted by Crippen LogP contribution is 2.35. The van der Waals surface area contributed by atoms with Gasteiger partial charge in [0.1, 0.15) is 5.75 Å². The molecule has 0 atom stereocenters. The van der Waals surface area contributed by atoms with Crippen LogP contribution in [0.15, 0.2) is 30.5 Å². The van der Waals surface area contributed by atoms with Crippen LogP contribution < -0.4 is 9.64 Å². The van der Waals surface area contributed by atoms with E-state index in [-0.39, 0.29) is 17.6 Å². The molecule has 1 N–H and O–H groups in total. The van der Waals surface area contributed by atoms with Crippen molar-refractivity contribution >= 4 is 5.95 Å². The Hall–Kier alpha value is -2.14. The first kappa shape index (κ1) is 19.6. The van der Waals surface area contributed by atoms with Gasteiger partial charge in [0, 0.05) is 30.4 Å². The molecule has 0 aliphatic carbocycles. The van der Waals surface area contributed by atoms with Crippen LogP contribution in [0.2, 0.25) is 0 Å². The highest BCUT2D eigenvalue weighted by atomic mass is 16.5. The van der Waals surface area contributed by atoms with Crippen LogP contribution in [-0.4, -0.2) is 40.4 Å². The van der Waals surface area contributed by atoms with Crippen LogP contribution in [0.4, 0.5) is 5.95 Å². The molecule has 1 aromatic heterocycles. The van der Waals surface area contributed by atoms with E-state index in [1.54, 1.807) is 0 Å². The number of rotatable bonds is 4. The van der Waals surface area contributed by atoms with Gasteiger partial charge in [-0.2, -0.15) is 0 Å². The van der Waals surface area contributed by atoms with E-state index < -0.39 is 0 Å². The highest BCUT2D eigenvalue weighted by Gasteiger charge is 2.22. The standard InChI is InChI=1S/C22H31N3O2/c1-15(2)27-20-7-6-16(14-18(20)22(3,4)5)19-8-11-23-21(24-19)25-12-9-17(26)10-13-25/h6-8,11,14-15,17,26H,9-10,12-13H2,1-5H3. The van der Waals surface area contributed by atoms with E-state index in [9.17, 15) is 5.11 Å². The number of aromatic nitrogens is 2. The van der Waals surface area contributed by atoms with Gasteiger partial charge in [-0.05, 0) is 56.4 Å². The second-order valence-corrected chi connectivity index (χ2v) is 8.59. The lowest BCUT2D eigenvalue weighted by atomic mass is 9.85. The summed E-state index contributed by atoms with van der Waals surface area (Å²) in [6, 6.07) is 8.25. The number of piperidine rings is 1. The Labute approximate surface area is 162 Å². The van der Waals surface area contributed by atoms with Gasteiger partial charge in [0.15, 0.2) is 0 Å². The summed E-state index contributed by atoms with van der Waals surface area (Å²) < 4.78 is 6.03. The molecule has 5 heteroatoms. The van der Waals surface area contributed by atoms with Crippen molar-refractivity contribution in [3.05, 3.63) is 36.0 Å². The molecule has 0 saturated carbocycles. The van der Waals surface area contributed by atoms with Crippen molar-refractivity contribution in [2.24, 2.45) is 0 Å². The van der Waals surface area contributed by atoms with Crippen molar-refractivity contribution in [1.29, 1.82) is 0 Å². The van der Waals surface area contributed by atoms with E-state index in [0.717, 1.165) is 48.9 Å². The fraction of sp³-hybridized carbons (Fsp3) is 0.545. The lowest BCUT2D eigenvalue weighted by Crippen LogP contribution is -2.36. The molecule has 1 aliphatic heterocycles. The summed E-state index contributed by atoms with van der Waals surface area (Å²) >= 11 is 0. The van der Waals surface area contributed by atoms with Crippen molar-refractivity contribution in [2.75, 3.05) is 18.0 Å². The summed E-state index contributed by atoms with van der Waals surface area (Å²) in [6.45, 7) is 12.3. The Morgan fingerprint density at radius 3 is 2.48 bits per heavy atom. The van der Waals surface area contributed by atoms with Crippen LogP contribution in [0.3, 0.4) is 0 Å². The van der Waals surface area contributed by atoms with Gasteiger partial charge >= 0.3 is 0 Å². The Bertz CT molecular complexity index is 775. The number of nitrogens with zero attached hydrogens (tertiary/aromatic N) is 3. The molecule has 0 bridgehead atoms. The first-order valence-electron chi connectivity index (χ1n) is 9.81. The van der Waals surface area contributed by atoms with Gasteiger partial charge in [-0.3, -0.25) is 0 Å². The largest absolute Gasteiger partial charge is 0.491 e. The second-order valence-electron chi connectivity index (χ2n) is 8.59. The first-order valence-corrected chi connectivity index (χ1v) is 9.81. The first-order chi connectivity index (χ1) is 12.7. The topological polar surface area (TPSA) is 58.5 Å². The van der Waals surface area contributed by atoms with Gasteiger partial charge in [0.2, 0.25) is 5.95 Å². The van der Waals surface area contributed by atoms with Gasteiger partial charge < -0.3 is 14.7 Å². The number of anilines is 1. The molecule has 27 heavy (non-hydrogen) atoms. The Morgan fingerprint density at radius 1 is 1.15 bits per heavy atom. The number of aliphatic hydroxyl groups excluding tert-OH is 1. The minimum atomic E-state index is -0.202. The van der Waals surface area contributed by atoms with Crippen molar-refractivity contribution in [3.8, 4) is 17.0 Å². The van der Waals surface area contributed by atoms with Crippen LogP contribution in [0.1, 0.15) is 53.0 Å². The number of ether oxygens (including phenoxy) is 1. The second kappa shape index (κ2) is 7.85. The molecule has 0 unspecified atom stereocenters. The quantitative estimate of drug-likeness (QED) is 0.876. The van der Waals surface area contributed by atoms with Crippen molar-refractivity contribution < 1.29 is 9.84 Å². The number of hydrogen-bond acceptors (Lipinski definition) is 5. The molecular formula is C22H31N3O2. The zero-order valence-corrected chi connectivity index (χ0v) is 17.1. The molecule has 0 amide bonds. The molecule has 1 fully saturated rings. The zero-order chi connectivity index (χ0) is 19.6. The summed E-state index contributed by atoms with van der Waals surface area (Å²) in [5.74, 6) is 1.67. The van der Waals surface area contributed by atoms with Gasteiger partial charge in [-0.15, -0.1) is 0 Å². The molecule has 0 radical (unpaired) electrons. The predicted molar refractivity (Wildman–Crippen MR) is 109 cm³/mol. The maximum Gasteiger partial charge on any atom is 0.225 e. The third-order valence-electron chi connectivity index (χ3n) is 4.84. The maximum atomic E-state index is 9.72. The van der Waals surface area contributed by atoms with Gasteiger partial charge in [0.05, 0.1) is 17.9 Å². The molecule has 1 saturated heterocycles. The average molecular weight is 370 g/mol. The monoisotopic (exact) mass is 369 g/mol. The lowest BCUT2D eigenvalue weighted by molar-refractivity contribution is 0.145. The molecule has 2 heterocycles. The van der Waals surface area contributed by atoms with Crippen LogP contribution in [0.5, 0.6) is 5.75 Å². The number of aliphatic hydroxyl groups is 1. The molecule has 2 aromatic rings.